The van der Waals surface area contributed by atoms with Gasteiger partial charge in [-0.1, -0.05) is 33.1 Å². The Kier molecular flexibility index (Phi) is 5.09. The van der Waals surface area contributed by atoms with E-state index >= 15 is 0 Å². The van der Waals surface area contributed by atoms with Crippen LogP contribution < -0.4 is 0 Å². The van der Waals surface area contributed by atoms with E-state index in [9.17, 15) is 4.79 Å². The number of hydrogen-bond acceptors (Lipinski definition) is 1. The van der Waals surface area contributed by atoms with Crippen LogP contribution in [0.15, 0.2) is 18.3 Å². The van der Waals surface area contributed by atoms with Crippen molar-refractivity contribution < 1.29 is 9.90 Å². The van der Waals surface area contributed by atoms with Gasteiger partial charge >= 0.3 is 5.97 Å². The van der Waals surface area contributed by atoms with Crippen molar-refractivity contribution in [3.8, 4) is 0 Å². The van der Waals surface area contributed by atoms with E-state index in [4.69, 9.17) is 5.11 Å². The van der Waals surface area contributed by atoms with E-state index in [0.29, 0.717) is 11.6 Å². The normalized spacial score (nSPS) is 12.6. The van der Waals surface area contributed by atoms with E-state index in [-0.39, 0.29) is 0 Å². The van der Waals surface area contributed by atoms with Gasteiger partial charge in [0.2, 0.25) is 0 Å². The summed E-state index contributed by atoms with van der Waals surface area (Å²) in [4.78, 5) is 10.9. The van der Waals surface area contributed by atoms with Crippen molar-refractivity contribution in [3.05, 3.63) is 24.0 Å². The first-order chi connectivity index (χ1) is 7.69. The van der Waals surface area contributed by atoms with Gasteiger partial charge in [0.1, 0.15) is 5.69 Å². The van der Waals surface area contributed by atoms with Gasteiger partial charge in [-0.3, -0.25) is 0 Å². The molecular formula is C13H21NO2. The lowest BCUT2D eigenvalue weighted by molar-refractivity contribution is 0.0683. The Balaban J connectivity index is 2.62. The molecule has 0 bridgehead atoms. The molecule has 1 unspecified atom stereocenters. The van der Waals surface area contributed by atoms with Crippen molar-refractivity contribution in [1.82, 2.24) is 4.57 Å². The molecule has 0 aliphatic rings. The van der Waals surface area contributed by atoms with Crippen LogP contribution in [-0.4, -0.2) is 15.6 Å². The third-order valence-corrected chi connectivity index (χ3v) is 3.05. The zero-order chi connectivity index (χ0) is 12.0. The summed E-state index contributed by atoms with van der Waals surface area (Å²) in [5.74, 6) is -0.249. The maximum atomic E-state index is 10.9. The van der Waals surface area contributed by atoms with E-state index < -0.39 is 5.97 Å². The van der Waals surface area contributed by atoms with Gasteiger partial charge in [-0.05, 0) is 24.5 Å². The van der Waals surface area contributed by atoms with Gasteiger partial charge in [-0.2, -0.15) is 0 Å². The molecular weight excluding hydrogens is 202 g/mol. The van der Waals surface area contributed by atoms with Gasteiger partial charge in [0.25, 0.3) is 0 Å². The third-order valence-electron chi connectivity index (χ3n) is 3.05. The molecule has 0 radical (unpaired) electrons. The van der Waals surface area contributed by atoms with Crippen molar-refractivity contribution >= 4 is 5.97 Å². The smallest absolute Gasteiger partial charge is 0.352 e. The lowest BCUT2D eigenvalue weighted by Crippen LogP contribution is -2.14. The van der Waals surface area contributed by atoms with Crippen molar-refractivity contribution in [2.75, 3.05) is 0 Å². The first-order valence-electron chi connectivity index (χ1n) is 6.07. The number of unbranched alkanes of at least 4 members (excludes halogenated alkanes) is 1. The highest BCUT2D eigenvalue weighted by atomic mass is 16.4. The van der Waals surface area contributed by atoms with Crippen LogP contribution in [-0.2, 0) is 6.54 Å². The zero-order valence-corrected chi connectivity index (χ0v) is 10.1. The zero-order valence-electron chi connectivity index (χ0n) is 10.1. The fourth-order valence-corrected chi connectivity index (χ4v) is 1.96. The van der Waals surface area contributed by atoms with Crippen LogP contribution >= 0.6 is 0 Å². The predicted octanol–water partition coefficient (Wildman–Crippen LogP) is 3.40. The van der Waals surface area contributed by atoms with Gasteiger partial charge < -0.3 is 9.67 Å². The van der Waals surface area contributed by atoms with Crippen LogP contribution in [0, 0.1) is 5.92 Å². The summed E-state index contributed by atoms with van der Waals surface area (Å²) in [5.41, 5.74) is 0.398. The number of hydrogen-bond donors (Lipinski definition) is 1. The SMILES string of the molecule is CCCCC(CC)Cn1cccc1C(=O)O. The predicted molar refractivity (Wildman–Crippen MR) is 64.7 cm³/mol. The number of carboxylic acids is 1. The van der Waals surface area contributed by atoms with Gasteiger partial charge in [-0.15, -0.1) is 0 Å². The molecule has 0 saturated heterocycles. The maximum absolute atomic E-state index is 10.9. The van der Waals surface area contributed by atoms with Crippen molar-refractivity contribution in [2.24, 2.45) is 5.92 Å². The van der Waals surface area contributed by atoms with E-state index in [1.165, 1.54) is 19.3 Å². The second-order valence-corrected chi connectivity index (χ2v) is 4.27. The van der Waals surface area contributed by atoms with Crippen LogP contribution in [0.4, 0.5) is 0 Å². The van der Waals surface area contributed by atoms with E-state index in [1.54, 1.807) is 12.1 Å². The second kappa shape index (κ2) is 6.36. The van der Waals surface area contributed by atoms with Gasteiger partial charge in [0, 0.05) is 12.7 Å². The van der Waals surface area contributed by atoms with Crippen LogP contribution in [0.2, 0.25) is 0 Å². The van der Waals surface area contributed by atoms with Crippen LogP contribution in [0.5, 0.6) is 0 Å². The molecule has 1 atom stereocenters. The Labute approximate surface area is 97.1 Å². The molecule has 1 heterocycles. The lowest BCUT2D eigenvalue weighted by Gasteiger charge is -2.16. The summed E-state index contributed by atoms with van der Waals surface area (Å²) >= 11 is 0. The van der Waals surface area contributed by atoms with Crippen molar-refractivity contribution in [1.29, 1.82) is 0 Å². The number of aromatic nitrogens is 1. The summed E-state index contributed by atoms with van der Waals surface area (Å²) in [6, 6.07) is 3.46. The summed E-state index contributed by atoms with van der Waals surface area (Å²) in [6.07, 6.45) is 6.58. The average Bonchev–Trinajstić information content (AvgIpc) is 2.72. The number of nitrogens with zero attached hydrogens (tertiary/aromatic N) is 1. The molecule has 0 aliphatic carbocycles. The summed E-state index contributed by atoms with van der Waals surface area (Å²) < 4.78 is 1.85. The first-order valence-corrected chi connectivity index (χ1v) is 6.07. The molecule has 90 valence electrons. The molecule has 16 heavy (non-hydrogen) atoms. The lowest BCUT2D eigenvalue weighted by atomic mass is 9.99. The molecule has 0 fully saturated rings. The monoisotopic (exact) mass is 223 g/mol. The minimum atomic E-state index is -0.838. The molecule has 0 aliphatic heterocycles. The minimum absolute atomic E-state index is 0.398. The first kappa shape index (κ1) is 12.8. The molecule has 1 aromatic heterocycles. The van der Waals surface area contributed by atoms with Crippen LogP contribution in [0.3, 0.4) is 0 Å². The second-order valence-electron chi connectivity index (χ2n) is 4.27. The minimum Gasteiger partial charge on any atom is -0.477 e. The number of aromatic carboxylic acids is 1. The highest BCUT2D eigenvalue weighted by Gasteiger charge is 2.12. The molecule has 3 nitrogen and oxygen atoms in total. The molecule has 1 rings (SSSR count). The standard InChI is InChI=1S/C13H21NO2/c1-3-5-7-11(4-2)10-14-9-6-8-12(14)13(15)16/h6,8-9,11H,3-5,7,10H2,1-2H3,(H,15,16). The van der Waals surface area contributed by atoms with E-state index in [1.807, 2.05) is 10.8 Å². The van der Waals surface area contributed by atoms with E-state index in [0.717, 1.165) is 13.0 Å². The Morgan fingerprint density at radius 2 is 2.25 bits per heavy atom. The quantitative estimate of drug-likeness (QED) is 0.769. The molecule has 0 amide bonds. The number of carbonyl (C=O) groups is 1. The molecule has 1 aromatic rings. The highest BCUT2D eigenvalue weighted by Crippen LogP contribution is 2.16. The van der Waals surface area contributed by atoms with Crippen molar-refractivity contribution in [3.63, 3.8) is 0 Å². The summed E-state index contributed by atoms with van der Waals surface area (Å²) in [7, 11) is 0. The largest absolute Gasteiger partial charge is 0.477 e. The van der Waals surface area contributed by atoms with E-state index in [2.05, 4.69) is 13.8 Å². The average molecular weight is 223 g/mol. The molecule has 0 spiro atoms. The molecule has 3 heteroatoms. The summed E-state index contributed by atoms with van der Waals surface area (Å²) in [6.45, 7) is 5.18. The van der Waals surface area contributed by atoms with Gasteiger partial charge in [0.15, 0.2) is 0 Å². The van der Waals surface area contributed by atoms with Crippen LogP contribution in [0.25, 0.3) is 0 Å². The van der Waals surface area contributed by atoms with Gasteiger partial charge in [0.05, 0.1) is 0 Å². The van der Waals surface area contributed by atoms with Gasteiger partial charge in [-0.25, -0.2) is 4.79 Å². The molecule has 0 saturated carbocycles. The third kappa shape index (κ3) is 3.40. The van der Waals surface area contributed by atoms with Crippen molar-refractivity contribution in [2.45, 2.75) is 46.1 Å². The Bertz CT molecular complexity index is 330. The number of carboxylic acid groups (broad SMARTS) is 1. The Hall–Kier alpha value is -1.25. The topological polar surface area (TPSA) is 42.2 Å². The molecule has 0 aromatic carbocycles. The molecule has 1 N–H and O–H groups in total. The summed E-state index contributed by atoms with van der Waals surface area (Å²) in [5, 5.41) is 9.00. The Morgan fingerprint density at radius 3 is 2.81 bits per heavy atom. The number of rotatable bonds is 7. The maximum Gasteiger partial charge on any atom is 0.352 e. The fourth-order valence-electron chi connectivity index (χ4n) is 1.96. The highest BCUT2D eigenvalue weighted by molar-refractivity contribution is 5.85. The van der Waals surface area contributed by atoms with Crippen LogP contribution in [0.1, 0.15) is 50.0 Å². The fraction of sp³-hybridized carbons (Fsp3) is 0.615. The Morgan fingerprint density at radius 1 is 1.50 bits per heavy atom.